The molecule has 172 valence electrons. The number of aromatic nitrogens is 3. The van der Waals surface area contributed by atoms with E-state index in [-0.39, 0.29) is 36.8 Å². The zero-order chi connectivity index (χ0) is 23.8. The predicted molar refractivity (Wildman–Crippen MR) is 125 cm³/mol. The average Bonchev–Trinajstić information content (AvgIpc) is 2.87. The van der Waals surface area contributed by atoms with E-state index in [1.54, 1.807) is 24.3 Å². The summed E-state index contributed by atoms with van der Waals surface area (Å²) >= 11 is 0. The van der Waals surface area contributed by atoms with Gasteiger partial charge >= 0.3 is 0 Å². The average molecular weight is 458 g/mol. The van der Waals surface area contributed by atoms with Gasteiger partial charge in [0.25, 0.3) is 5.56 Å². The Kier molecular flexibility index (Phi) is 7.39. The number of nitrogens with one attached hydrogen (secondary N) is 2. The van der Waals surface area contributed by atoms with Crippen molar-refractivity contribution in [2.75, 3.05) is 0 Å². The summed E-state index contributed by atoms with van der Waals surface area (Å²) in [4.78, 5) is 27.3. The van der Waals surface area contributed by atoms with Crippen LogP contribution in [0.5, 0.6) is 5.75 Å². The summed E-state index contributed by atoms with van der Waals surface area (Å²) in [6.07, 6.45) is 0.235. The fourth-order valence-corrected chi connectivity index (χ4v) is 3.25. The summed E-state index contributed by atoms with van der Waals surface area (Å²) in [6, 6.07) is 22.9. The summed E-state index contributed by atoms with van der Waals surface area (Å²) in [6.45, 7) is 0.706. The molecular formula is C26H23FN4O3. The molecule has 0 aliphatic rings. The Balaban J connectivity index is 1.33. The Bertz CT molecular complexity index is 1310. The molecule has 34 heavy (non-hydrogen) atoms. The number of halogens is 1. The molecule has 0 aliphatic heterocycles. The first kappa shape index (κ1) is 22.8. The molecular weight excluding hydrogens is 435 g/mol. The molecule has 1 heterocycles. The van der Waals surface area contributed by atoms with Gasteiger partial charge in [-0.05, 0) is 35.4 Å². The number of rotatable bonds is 9. The molecule has 0 saturated heterocycles. The zero-order valence-corrected chi connectivity index (χ0v) is 18.3. The van der Waals surface area contributed by atoms with Gasteiger partial charge in [0.15, 0.2) is 5.82 Å². The Morgan fingerprint density at radius 2 is 1.74 bits per heavy atom. The minimum Gasteiger partial charge on any atom is -0.489 e. The predicted octanol–water partition coefficient (Wildman–Crippen LogP) is 3.80. The quantitative estimate of drug-likeness (QED) is 0.398. The van der Waals surface area contributed by atoms with E-state index in [0.717, 1.165) is 11.1 Å². The normalized spacial score (nSPS) is 10.6. The zero-order valence-electron chi connectivity index (χ0n) is 18.3. The monoisotopic (exact) mass is 458 g/mol. The van der Waals surface area contributed by atoms with E-state index in [2.05, 4.69) is 20.5 Å². The molecule has 8 heteroatoms. The summed E-state index contributed by atoms with van der Waals surface area (Å²) in [5.41, 5.74) is 2.28. The summed E-state index contributed by atoms with van der Waals surface area (Å²) in [5, 5.41) is 10.9. The molecule has 3 aromatic carbocycles. The molecule has 1 amide bonds. The minimum atomic E-state index is -0.396. The fourth-order valence-electron chi connectivity index (χ4n) is 3.25. The molecule has 4 aromatic rings. The van der Waals surface area contributed by atoms with Gasteiger partial charge in [0.05, 0.1) is 0 Å². The number of aryl methyl sites for hydroxylation is 1. The Morgan fingerprint density at radius 3 is 2.50 bits per heavy atom. The lowest BCUT2D eigenvalue weighted by Gasteiger charge is -2.08. The molecule has 7 nitrogen and oxygen atoms in total. The topological polar surface area (TPSA) is 97.0 Å². The molecule has 0 bridgehead atoms. The molecule has 0 aliphatic carbocycles. The van der Waals surface area contributed by atoms with Crippen molar-refractivity contribution in [3.63, 3.8) is 0 Å². The van der Waals surface area contributed by atoms with Crippen LogP contribution in [0.4, 0.5) is 4.39 Å². The van der Waals surface area contributed by atoms with Crippen molar-refractivity contribution < 1.29 is 13.9 Å². The van der Waals surface area contributed by atoms with Gasteiger partial charge < -0.3 is 15.0 Å². The highest BCUT2D eigenvalue weighted by molar-refractivity contribution is 5.76. The number of aromatic amines is 1. The van der Waals surface area contributed by atoms with Gasteiger partial charge in [-0.15, -0.1) is 10.2 Å². The number of benzene rings is 3. The molecule has 0 unspecified atom stereocenters. The van der Waals surface area contributed by atoms with Crippen LogP contribution in [0.3, 0.4) is 0 Å². The Hall–Kier alpha value is -4.33. The van der Waals surface area contributed by atoms with E-state index >= 15 is 0 Å². The molecule has 4 rings (SSSR count). The van der Waals surface area contributed by atoms with Gasteiger partial charge in [0, 0.05) is 24.9 Å². The third-order valence-electron chi connectivity index (χ3n) is 5.11. The second kappa shape index (κ2) is 11.0. The first-order valence-electron chi connectivity index (χ1n) is 10.8. The van der Waals surface area contributed by atoms with E-state index in [0.29, 0.717) is 23.7 Å². The SMILES string of the molecule is O=C(CCc1nnc(-c2cccc(OCc3ccccc3)c2)[nH]c1=O)NCc1ccc(F)cc1. The van der Waals surface area contributed by atoms with Crippen molar-refractivity contribution in [3.8, 4) is 17.1 Å². The largest absolute Gasteiger partial charge is 0.489 e. The van der Waals surface area contributed by atoms with E-state index in [1.807, 2.05) is 42.5 Å². The van der Waals surface area contributed by atoms with Crippen LogP contribution in [0, 0.1) is 5.82 Å². The van der Waals surface area contributed by atoms with E-state index in [1.165, 1.54) is 12.1 Å². The van der Waals surface area contributed by atoms with Crippen LogP contribution in [0.15, 0.2) is 83.7 Å². The number of hydrogen-bond donors (Lipinski definition) is 2. The van der Waals surface area contributed by atoms with E-state index in [4.69, 9.17) is 4.74 Å². The van der Waals surface area contributed by atoms with Crippen molar-refractivity contribution >= 4 is 5.91 Å². The Morgan fingerprint density at radius 1 is 0.941 bits per heavy atom. The van der Waals surface area contributed by atoms with Crippen LogP contribution < -0.4 is 15.6 Å². The van der Waals surface area contributed by atoms with E-state index in [9.17, 15) is 14.0 Å². The maximum Gasteiger partial charge on any atom is 0.273 e. The summed E-state index contributed by atoms with van der Waals surface area (Å²) < 4.78 is 18.8. The van der Waals surface area contributed by atoms with Crippen LogP contribution in [-0.4, -0.2) is 21.1 Å². The second-order valence-corrected chi connectivity index (χ2v) is 7.65. The van der Waals surface area contributed by atoms with Crippen molar-refractivity contribution in [1.82, 2.24) is 20.5 Å². The van der Waals surface area contributed by atoms with Crippen LogP contribution in [0.2, 0.25) is 0 Å². The van der Waals surface area contributed by atoms with Crippen LogP contribution in [0.25, 0.3) is 11.4 Å². The lowest BCUT2D eigenvalue weighted by Crippen LogP contribution is -2.25. The van der Waals surface area contributed by atoms with Gasteiger partial charge in [-0.25, -0.2) is 4.39 Å². The molecule has 2 N–H and O–H groups in total. The van der Waals surface area contributed by atoms with Crippen LogP contribution in [-0.2, 0) is 24.4 Å². The van der Waals surface area contributed by atoms with Crippen molar-refractivity contribution in [2.45, 2.75) is 26.0 Å². The third-order valence-corrected chi connectivity index (χ3v) is 5.11. The molecule has 0 spiro atoms. The maximum absolute atomic E-state index is 12.9. The van der Waals surface area contributed by atoms with Crippen molar-refractivity contribution in [1.29, 1.82) is 0 Å². The first-order chi connectivity index (χ1) is 16.6. The van der Waals surface area contributed by atoms with Crippen molar-refractivity contribution in [3.05, 3.63) is 112 Å². The van der Waals surface area contributed by atoms with Gasteiger partial charge in [-0.1, -0.05) is 54.6 Å². The van der Waals surface area contributed by atoms with Crippen molar-refractivity contribution in [2.24, 2.45) is 0 Å². The molecule has 1 aromatic heterocycles. The first-order valence-corrected chi connectivity index (χ1v) is 10.8. The molecule has 0 fully saturated rings. The van der Waals surface area contributed by atoms with Crippen LogP contribution >= 0.6 is 0 Å². The van der Waals surface area contributed by atoms with Gasteiger partial charge in [0.1, 0.15) is 23.9 Å². The number of amides is 1. The summed E-state index contributed by atoms with van der Waals surface area (Å²) in [7, 11) is 0. The highest BCUT2D eigenvalue weighted by atomic mass is 19.1. The number of ether oxygens (including phenoxy) is 1. The van der Waals surface area contributed by atoms with Crippen LogP contribution in [0.1, 0.15) is 23.2 Å². The number of nitrogens with zero attached hydrogens (tertiary/aromatic N) is 2. The lowest BCUT2D eigenvalue weighted by molar-refractivity contribution is -0.121. The molecule has 0 radical (unpaired) electrons. The molecule has 0 saturated carbocycles. The van der Waals surface area contributed by atoms with Gasteiger partial charge in [0.2, 0.25) is 5.91 Å². The smallest absolute Gasteiger partial charge is 0.273 e. The highest BCUT2D eigenvalue weighted by Crippen LogP contribution is 2.21. The number of H-pyrrole nitrogens is 1. The number of carbonyl (C=O) groups excluding carboxylic acids is 1. The second-order valence-electron chi connectivity index (χ2n) is 7.65. The standard InChI is InChI=1S/C26H23FN4O3/c27-21-11-9-18(10-12-21)16-28-24(32)14-13-23-26(33)29-25(31-30-23)20-7-4-8-22(15-20)34-17-19-5-2-1-3-6-19/h1-12,15H,13-14,16-17H2,(H,28,32)(H,29,31,33). The van der Waals surface area contributed by atoms with E-state index < -0.39 is 5.56 Å². The fraction of sp³-hybridized carbons (Fsp3) is 0.154. The Labute approximate surface area is 195 Å². The number of hydrogen-bond acceptors (Lipinski definition) is 5. The number of carbonyl (C=O) groups is 1. The maximum atomic E-state index is 12.9. The molecule has 0 atom stereocenters. The van der Waals surface area contributed by atoms with Gasteiger partial charge in [-0.3, -0.25) is 9.59 Å². The van der Waals surface area contributed by atoms with Gasteiger partial charge in [-0.2, -0.15) is 0 Å². The third kappa shape index (κ3) is 6.35. The summed E-state index contributed by atoms with van der Waals surface area (Å²) in [5.74, 6) is 0.395. The highest BCUT2D eigenvalue weighted by Gasteiger charge is 2.10. The lowest BCUT2D eigenvalue weighted by atomic mass is 10.2. The minimum absolute atomic E-state index is 0.0844.